The minimum atomic E-state index is -0.369. The maximum absolute atomic E-state index is 12.5. The molecule has 2 aromatic carbocycles. The number of amides is 6. The summed E-state index contributed by atoms with van der Waals surface area (Å²) in [6.45, 7) is 36.9. The lowest BCUT2D eigenvalue weighted by Crippen LogP contribution is -2.44. The molecule has 3 aliphatic heterocycles. The van der Waals surface area contributed by atoms with E-state index in [9.17, 15) is 28.8 Å². The third-order valence-electron chi connectivity index (χ3n) is 14.9. The number of aliphatic imine (C=N–C) groups is 1. The molecule has 0 radical (unpaired) electrons. The van der Waals surface area contributed by atoms with Crippen molar-refractivity contribution in [2.75, 3.05) is 45.8 Å². The fraction of sp³-hybridized carbons (Fsp3) is 0.493. The van der Waals surface area contributed by atoms with E-state index in [0.29, 0.717) is 91.3 Å². The van der Waals surface area contributed by atoms with Crippen molar-refractivity contribution in [1.82, 2.24) is 66.2 Å². The van der Waals surface area contributed by atoms with E-state index in [-0.39, 0.29) is 47.0 Å². The van der Waals surface area contributed by atoms with Gasteiger partial charge in [0.25, 0.3) is 23.6 Å². The molecular formula is C67H98N14O7. The number of nitrogens with zero attached hydrogens (tertiary/aromatic N) is 7. The van der Waals surface area contributed by atoms with E-state index in [1.807, 2.05) is 120 Å². The van der Waals surface area contributed by atoms with Crippen LogP contribution in [-0.4, -0.2) is 150 Å². The van der Waals surface area contributed by atoms with Crippen LogP contribution in [0, 0.1) is 12.3 Å². The van der Waals surface area contributed by atoms with Gasteiger partial charge in [0.05, 0.1) is 11.3 Å². The first-order valence-corrected chi connectivity index (χ1v) is 31.0. The van der Waals surface area contributed by atoms with Gasteiger partial charge in [-0.3, -0.25) is 44.1 Å². The number of aryl methyl sites for hydroxylation is 1. The van der Waals surface area contributed by atoms with E-state index in [4.69, 9.17) is 4.74 Å². The Morgan fingerprint density at radius 3 is 1.86 bits per heavy atom. The molecule has 478 valence electrons. The van der Waals surface area contributed by atoms with Crippen LogP contribution in [0.2, 0.25) is 0 Å². The van der Waals surface area contributed by atoms with Crippen molar-refractivity contribution in [1.29, 1.82) is 0 Å². The molecular weight excluding hydrogens is 1110 g/mol. The fourth-order valence-electron chi connectivity index (χ4n) is 8.98. The van der Waals surface area contributed by atoms with Gasteiger partial charge < -0.3 is 40.4 Å². The number of benzene rings is 2. The summed E-state index contributed by atoms with van der Waals surface area (Å²) in [5.74, 6) is 2.19. The summed E-state index contributed by atoms with van der Waals surface area (Å²) in [6.07, 6.45) is 8.83. The van der Waals surface area contributed by atoms with E-state index in [1.54, 1.807) is 35.1 Å². The molecule has 88 heavy (non-hydrogen) atoms. The fourth-order valence-corrected chi connectivity index (χ4v) is 8.98. The van der Waals surface area contributed by atoms with E-state index in [1.165, 1.54) is 0 Å². The summed E-state index contributed by atoms with van der Waals surface area (Å²) in [5.41, 5.74) is 7.78. The van der Waals surface area contributed by atoms with Gasteiger partial charge in [-0.2, -0.15) is 15.3 Å². The number of rotatable bonds is 18. The van der Waals surface area contributed by atoms with Crippen molar-refractivity contribution in [3.63, 3.8) is 0 Å². The van der Waals surface area contributed by atoms with Crippen molar-refractivity contribution in [3.05, 3.63) is 142 Å². The Morgan fingerprint density at radius 1 is 0.750 bits per heavy atom. The molecule has 0 saturated carbocycles. The number of nitrogens with one attached hydrogen (secondary N) is 7. The van der Waals surface area contributed by atoms with Crippen LogP contribution in [0.25, 0.3) is 6.08 Å². The maximum Gasteiger partial charge on any atom is 0.274 e. The monoisotopic (exact) mass is 1210 g/mol. The Morgan fingerprint density at radius 2 is 1.34 bits per heavy atom. The number of ether oxygens (including phenoxy) is 1. The normalized spacial score (nSPS) is 15.2. The highest BCUT2D eigenvalue weighted by molar-refractivity contribution is 6.38. The predicted octanol–water partition coefficient (Wildman–Crippen LogP) is 11.0. The minimum Gasteiger partial charge on any atom is -0.488 e. The van der Waals surface area contributed by atoms with Crippen LogP contribution in [-0.2, 0) is 21.0 Å². The summed E-state index contributed by atoms with van der Waals surface area (Å²) in [6, 6.07) is 24.8. The molecule has 21 heteroatoms. The summed E-state index contributed by atoms with van der Waals surface area (Å²) in [4.78, 5) is 83.7. The molecule has 0 aliphatic carbocycles. The molecule has 6 amide bonds. The predicted molar refractivity (Wildman–Crippen MR) is 349 cm³/mol. The second kappa shape index (κ2) is 36.5. The third kappa shape index (κ3) is 22.6. The van der Waals surface area contributed by atoms with Gasteiger partial charge in [0, 0.05) is 92.2 Å². The third-order valence-corrected chi connectivity index (χ3v) is 14.9. The number of hydrogen-bond donors (Lipinski definition) is 7. The average Bonchev–Trinajstić information content (AvgIpc) is 4.58. The van der Waals surface area contributed by atoms with Gasteiger partial charge in [-0.15, -0.1) is 0 Å². The van der Waals surface area contributed by atoms with E-state index < -0.39 is 0 Å². The number of H-pyrrole nitrogens is 4. The van der Waals surface area contributed by atoms with Crippen LogP contribution in [0.5, 0.6) is 5.75 Å². The molecule has 3 saturated heterocycles. The van der Waals surface area contributed by atoms with Crippen LogP contribution in [0.1, 0.15) is 205 Å². The van der Waals surface area contributed by atoms with Gasteiger partial charge in [0.1, 0.15) is 35.3 Å². The second-order valence-corrected chi connectivity index (χ2v) is 23.2. The Hall–Kier alpha value is -8.62. The zero-order valence-electron chi connectivity index (χ0n) is 54.5. The number of hydrogen-bond acceptors (Lipinski definition) is 11. The maximum atomic E-state index is 12.5. The molecule has 3 fully saturated rings. The summed E-state index contributed by atoms with van der Waals surface area (Å²) in [5, 5.41) is 29.7. The first kappa shape index (κ1) is 71.9. The molecule has 0 spiro atoms. The molecule has 9 rings (SSSR count). The molecule has 0 bridgehead atoms. The second-order valence-electron chi connectivity index (χ2n) is 23.2. The van der Waals surface area contributed by atoms with E-state index >= 15 is 0 Å². The lowest BCUT2D eigenvalue weighted by molar-refractivity contribution is -0.130. The molecule has 2 unspecified atom stereocenters. The molecule has 7 heterocycles. The zero-order valence-corrected chi connectivity index (χ0v) is 54.5. The number of aromatic amines is 4. The Balaban J connectivity index is 0.000000239. The highest BCUT2D eigenvalue weighted by Gasteiger charge is 2.33. The van der Waals surface area contributed by atoms with Crippen molar-refractivity contribution in [2.45, 2.75) is 165 Å². The van der Waals surface area contributed by atoms with Crippen LogP contribution in [0.4, 0.5) is 5.82 Å². The van der Waals surface area contributed by atoms with Gasteiger partial charge in [-0.05, 0) is 113 Å². The first-order valence-electron chi connectivity index (χ1n) is 31.0. The number of aromatic nitrogens is 7. The van der Waals surface area contributed by atoms with Crippen molar-refractivity contribution < 1.29 is 33.5 Å². The van der Waals surface area contributed by atoms with Crippen molar-refractivity contribution in [2.24, 2.45) is 10.4 Å². The SMILES string of the molecule is C=Cc1cc[nH]c1/N=C(\C)C(=O)NC1CCN(C=O)C1.CC.CC(C)c1cc(C(=O)N2CCCC2)n[nH]1.CCC(C)(C)C(=O)NC1CCN(C(=O)c2cc(C(C)C)[nH]n2)C1.CCNC(=O)c1ccccc1OCc1ccccc1.Cc1cc(C(C)C)n[nH]1. The van der Waals surface area contributed by atoms with Crippen molar-refractivity contribution in [3.8, 4) is 5.75 Å². The molecule has 2 atom stereocenters. The summed E-state index contributed by atoms with van der Waals surface area (Å²) >= 11 is 0. The van der Waals surface area contributed by atoms with Crippen LogP contribution < -0.4 is 20.7 Å². The Kier molecular flexibility index (Phi) is 29.8. The van der Waals surface area contributed by atoms with Gasteiger partial charge in [-0.1, -0.05) is 131 Å². The quantitative estimate of drug-likeness (QED) is 0.0316. The van der Waals surface area contributed by atoms with Crippen LogP contribution in [0.3, 0.4) is 0 Å². The van der Waals surface area contributed by atoms with Crippen molar-refractivity contribution >= 4 is 53.6 Å². The highest BCUT2D eigenvalue weighted by Crippen LogP contribution is 2.24. The zero-order chi connectivity index (χ0) is 64.9. The summed E-state index contributed by atoms with van der Waals surface area (Å²) < 4.78 is 5.73. The molecule has 21 nitrogen and oxygen atoms in total. The van der Waals surface area contributed by atoms with Gasteiger partial charge in [0.15, 0.2) is 0 Å². The van der Waals surface area contributed by atoms with E-state index in [2.05, 4.69) is 111 Å². The Bertz CT molecular complexity index is 3150. The molecule has 4 aromatic heterocycles. The van der Waals surface area contributed by atoms with Gasteiger partial charge >= 0.3 is 0 Å². The topological polar surface area (TPSA) is 272 Å². The minimum absolute atomic E-state index is 0.000339. The molecule has 3 aliphatic rings. The number of carbonyl (C=O) groups is 6. The number of carbonyl (C=O) groups excluding carboxylic acids is 6. The summed E-state index contributed by atoms with van der Waals surface area (Å²) in [7, 11) is 0. The van der Waals surface area contributed by atoms with Gasteiger partial charge in [-0.25, -0.2) is 4.99 Å². The molecule has 6 aromatic rings. The van der Waals surface area contributed by atoms with Gasteiger partial charge in [0.2, 0.25) is 12.3 Å². The first-order chi connectivity index (χ1) is 42.1. The lowest BCUT2D eigenvalue weighted by Gasteiger charge is -2.24. The number of likely N-dealkylation sites (tertiary alicyclic amines) is 3. The van der Waals surface area contributed by atoms with Crippen LogP contribution in [0.15, 0.2) is 96.6 Å². The highest BCUT2D eigenvalue weighted by atomic mass is 16.5. The standard InChI is InChI=1S/C17H28N4O2.C16H17NO2.C14H18N4O2.C11H17N3O.C7H12N2.C2H6/c1-6-17(4,5)16(23)18-12-7-8-21(10-12)15(22)14-9-13(11(2)3)19-20-14;1-2-17-16(18)14-10-6-7-11-15(14)19-12-13-8-4-3-5-9-13;1-3-11-4-6-15-13(11)16-10(2)14(20)17-12-5-7-18(8-12)9-19;1-8(2)9-7-10(13-12-9)11(15)14-5-3-4-6-14;1-5(2)7-4-6(3)8-9-7;1-2/h9,11-12H,6-8,10H2,1-5H3,(H,18,23)(H,19,20);3-11H,2,12H2,1H3,(H,17,18);3-4,6,9,12,15H,1,5,7-8H2,2H3,(H,17,20);7-8H,3-6H2,1-2H3,(H,12,13);4-5H,1-3H3,(H,8,9);1-2H3/b;;16-10+;;;. The lowest BCUT2D eigenvalue weighted by atomic mass is 9.89. The largest absolute Gasteiger partial charge is 0.488 e. The number of para-hydroxylation sites is 1. The van der Waals surface area contributed by atoms with E-state index in [0.717, 1.165) is 85.5 Å². The Labute approximate surface area is 521 Å². The average molecular weight is 1210 g/mol. The van der Waals surface area contributed by atoms with Crippen LogP contribution >= 0.6 is 0 Å². The smallest absolute Gasteiger partial charge is 0.274 e. The molecule has 7 N–H and O–H groups in total.